The van der Waals surface area contributed by atoms with Crippen molar-refractivity contribution in [2.24, 2.45) is 0 Å². The van der Waals surface area contributed by atoms with Gasteiger partial charge in [0, 0.05) is 37.5 Å². The number of hydrogen-bond acceptors (Lipinski definition) is 3. The minimum atomic E-state index is -4.48. The summed E-state index contributed by atoms with van der Waals surface area (Å²) in [5, 5.41) is 5.71. The van der Waals surface area contributed by atoms with Crippen LogP contribution >= 0.6 is 11.6 Å². The number of nitrogens with one attached hydrogen (secondary N) is 1. The van der Waals surface area contributed by atoms with Gasteiger partial charge in [-0.25, -0.2) is 0 Å². The summed E-state index contributed by atoms with van der Waals surface area (Å²) in [6, 6.07) is 1.07. The minimum Gasteiger partial charge on any atom is -0.356 e. The lowest BCUT2D eigenvalue weighted by atomic mass is 10.2. The maximum absolute atomic E-state index is 12.7. The average molecular weight is 352 g/mol. The summed E-state index contributed by atoms with van der Waals surface area (Å²) in [5.74, 6) is -0.186. The van der Waals surface area contributed by atoms with E-state index in [1.165, 1.54) is 4.68 Å². The largest absolute Gasteiger partial charge is 0.435 e. The number of aromatic nitrogens is 2. The van der Waals surface area contributed by atoms with Gasteiger partial charge < -0.3 is 5.32 Å². The molecule has 0 spiro atoms. The minimum absolute atomic E-state index is 0.0352. The molecule has 23 heavy (non-hydrogen) atoms. The summed E-state index contributed by atoms with van der Waals surface area (Å²) in [5.41, 5.74) is -0.377. The number of carbonyl (C=O) groups excluding carboxylic acids is 2. The highest BCUT2D eigenvalue weighted by atomic mass is 35.5. The van der Waals surface area contributed by atoms with Crippen molar-refractivity contribution in [1.29, 1.82) is 0 Å². The van der Waals surface area contributed by atoms with Crippen molar-refractivity contribution in [3.05, 3.63) is 17.5 Å². The number of amides is 1. The monoisotopic (exact) mass is 351 g/mol. The zero-order valence-corrected chi connectivity index (χ0v) is 13.1. The highest BCUT2D eigenvalue weighted by molar-refractivity contribution is 6.63. The van der Waals surface area contributed by atoms with Crippen LogP contribution in [0.15, 0.2) is 6.07 Å². The quantitative estimate of drug-likeness (QED) is 0.578. The van der Waals surface area contributed by atoms with Crippen molar-refractivity contribution in [2.75, 3.05) is 6.54 Å². The number of halogens is 4. The molecule has 2 rings (SSSR count). The summed E-state index contributed by atoms with van der Waals surface area (Å²) in [6.45, 7) is 0.405. The van der Waals surface area contributed by atoms with Crippen LogP contribution in [0.4, 0.5) is 13.2 Å². The van der Waals surface area contributed by atoms with E-state index >= 15 is 0 Å². The lowest BCUT2D eigenvalue weighted by Crippen LogP contribution is -2.26. The molecule has 1 aromatic heterocycles. The molecule has 128 valence electrons. The SMILES string of the molecule is O=C(Cl)CCCNC(=O)CCn1nc(C(F)(F)F)cc1C1CC1. The van der Waals surface area contributed by atoms with Gasteiger partial charge in [0.25, 0.3) is 0 Å². The second kappa shape index (κ2) is 7.33. The molecule has 0 aliphatic heterocycles. The number of hydrogen-bond donors (Lipinski definition) is 1. The summed E-state index contributed by atoms with van der Waals surface area (Å²) < 4.78 is 39.5. The first-order valence-corrected chi connectivity index (χ1v) is 7.75. The molecule has 1 heterocycles. The third kappa shape index (κ3) is 5.53. The summed E-state index contributed by atoms with van der Waals surface area (Å²) >= 11 is 5.17. The molecule has 1 amide bonds. The molecule has 0 radical (unpaired) electrons. The summed E-state index contributed by atoms with van der Waals surface area (Å²) in [7, 11) is 0. The van der Waals surface area contributed by atoms with Crippen LogP contribution in [0.1, 0.15) is 49.4 Å². The molecular formula is C14H17ClF3N3O2. The molecule has 1 saturated carbocycles. The fourth-order valence-electron chi connectivity index (χ4n) is 2.21. The third-order valence-corrected chi connectivity index (χ3v) is 3.71. The van der Waals surface area contributed by atoms with E-state index < -0.39 is 17.1 Å². The van der Waals surface area contributed by atoms with Gasteiger partial charge in [-0.15, -0.1) is 0 Å². The van der Waals surface area contributed by atoms with E-state index in [2.05, 4.69) is 10.4 Å². The van der Waals surface area contributed by atoms with Gasteiger partial charge in [0.2, 0.25) is 11.1 Å². The van der Waals surface area contributed by atoms with Crippen molar-refractivity contribution in [2.45, 2.75) is 50.7 Å². The number of alkyl halides is 3. The first-order valence-electron chi connectivity index (χ1n) is 7.37. The Kier molecular flexibility index (Phi) is 5.67. The van der Waals surface area contributed by atoms with Crippen LogP contribution in [0, 0.1) is 0 Å². The van der Waals surface area contributed by atoms with Crippen molar-refractivity contribution in [1.82, 2.24) is 15.1 Å². The summed E-state index contributed by atoms with van der Waals surface area (Å²) in [6.07, 6.45) is -2.15. The maximum Gasteiger partial charge on any atom is 0.435 e. The van der Waals surface area contributed by atoms with E-state index in [0.29, 0.717) is 18.7 Å². The van der Waals surface area contributed by atoms with Crippen LogP contribution in [-0.4, -0.2) is 27.5 Å². The van der Waals surface area contributed by atoms with E-state index in [1.807, 2.05) is 0 Å². The van der Waals surface area contributed by atoms with Crippen molar-refractivity contribution >= 4 is 22.8 Å². The number of aryl methyl sites for hydroxylation is 1. The Labute approximate surface area is 136 Å². The molecule has 1 aliphatic rings. The zero-order valence-electron chi connectivity index (χ0n) is 12.3. The fraction of sp³-hybridized carbons (Fsp3) is 0.643. The lowest BCUT2D eigenvalue weighted by Gasteiger charge is -2.07. The van der Waals surface area contributed by atoms with E-state index in [1.54, 1.807) is 0 Å². The normalized spacial score (nSPS) is 14.8. The van der Waals surface area contributed by atoms with Gasteiger partial charge >= 0.3 is 6.18 Å². The first kappa shape index (κ1) is 17.8. The van der Waals surface area contributed by atoms with Gasteiger partial charge in [-0.2, -0.15) is 18.3 Å². The van der Waals surface area contributed by atoms with Crippen molar-refractivity contribution < 1.29 is 22.8 Å². The van der Waals surface area contributed by atoms with E-state index in [0.717, 1.165) is 18.9 Å². The van der Waals surface area contributed by atoms with Crippen LogP contribution in [0.2, 0.25) is 0 Å². The van der Waals surface area contributed by atoms with Gasteiger partial charge in [0.15, 0.2) is 5.69 Å². The third-order valence-electron chi connectivity index (χ3n) is 3.52. The lowest BCUT2D eigenvalue weighted by molar-refractivity contribution is -0.141. The van der Waals surface area contributed by atoms with Gasteiger partial charge in [0.05, 0.1) is 0 Å². The Hall–Kier alpha value is -1.57. The maximum atomic E-state index is 12.7. The Morgan fingerprint density at radius 3 is 2.61 bits per heavy atom. The predicted molar refractivity (Wildman–Crippen MR) is 76.9 cm³/mol. The Balaban J connectivity index is 1.86. The van der Waals surface area contributed by atoms with Crippen molar-refractivity contribution in [3.8, 4) is 0 Å². The molecule has 1 aliphatic carbocycles. The molecule has 0 aromatic carbocycles. The van der Waals surface area contributed by atoms with Gasteiger partial charge in [-0.05, 0) is 36.9 Å². The molecule has 0 bridgehead atoms. The van der Waals surface area contributed by atoms with Crippen LogP contribution in [0.5, 0.6) is 0 Å². The highest BCUT2D eigenvalue weighted by Gasteiger charge is 2.37. The second-order valence-electron chi connectivity index (χ2n) is 5.51. The summed E-state index contributed by atoms with van der Waals surface area (Å²) in [4.78, 5) is 22.2. The van der Waals surface area contributed by atoms with Gasteiger partial charge in [0.1, 0.15) is 0 Å². The van der Waals surface area contributed by atoms with Crippen LogP contribution < -0.4 is 5.32 Å². The van der Waals surface area contributed by atoms with E-state index in [4.69, 9.17) is 11.6 Å². The van der Waals surface area contributed by atoms with E-state index in [9.17, 15) is 22.8 Å². The molecular weight excluding hydrogens is 335 g/mol. The standard InChI is InChI=1S/C14H17ClF3N3O2/c15-12(22)2-1-6-19-13(23)5-7-21-10(9-3-4-9)8-11(20-21)14(16,17)18/h8-9H,1-7H2,(H,19,23). The Bertz CT molecular complexity index is 582. The molecule has 1 N–H and O–H groups in total. The number of rotatable bonds is 8. The Morgan fingerprint density at radius 1 is 1.35 bits per heavy atom. The average Bonchev–Trinajstić information content (AvgIpc) is 3.19. The number of nitrogens with zero attached hydrogens (tertiary/aromatic N) is 2. The first-order chi connectivity index (χ1) is 10.8. The van der Waals surface area contributed by atoms with Crippen LogP contribution in [0.3, 0.4) is 0 Å². The highest BCUT2D eigenvalue weighted by Crippen LogP contribution is 2.42. The Morgan fingerprint density at radius 2 is 2.04 bits per heavy atom. The fourth-order valence-corrected chi connectivity index (χ4v) is 2.34. The number of carbonyl (C=O) groups is 2. The van der Waals surface area contributed by atoms with Gasteiger partial charge in [-0.3, -0.25) is 14.3 Å². The van der Waals surface area contributed by atoms with Crippen LogP contribution in [-0.2, 0) is 22.3 Å². The molecule has 1 aromatic rings. The smallest absolute Gasteiger partial charge is 0.356 e. The van der Waals surface area contributed by atoms with Crippen LogP contribution in [0.25, 0.3) is 0 Å². The zero-order chi connectivity index (χ0) is 17.0. The predicted octanol–water partition coefficient (Wildman–Crippen LogP) is 2.83. The van der Waals surface area contributed by atoms with Gasteiger partial charge in [-0.1, -0.05) is 0 Å². The molecule has 0 unspecified atom stereocenters. The molecule has 1 fully saturated rings. The molecule has 0 atom stereocenters. The topological polar surface area (TPSA) is 64.0 Å². The van der Waals surface area contributed by atoms with E-state index in [-0.39, 0.29) is 31.2 Å². The molecule has 5 nitrogen and oxygen atoms in total. The second-order valence-corrected chi connectivity index (χ2v) is 5.93. The molecule has 9 heteroatoms. The van der Waals surface area contributed by atoms with Crippen molar-refractivity contribution in [3.63, 3.8) is 0 Å². The molecule has 0 saturated heterocycles.